The number of halogens is 6. The number of carboxylic acid groups (broad SMARTS) is 2. The van der Waals surface area contributed by atoms with Gasteiger partial charge in [0.05, 0.1) is 0 Å². The minimum absolute atomic E-state index is 0. The van der Waals surface area contributed by atoms with Gasteiger partial charge in [-0.25, -0.2) is 0 Å². The van der Waals surface area contributed by atoms with E-state index in [2.05, 4.69) is 158 Å². The maximum atomic E-state index is 11.0. The van der Waals surface area contributed by atoms with Gasteiger partial charge in [-0.15, -0.1) is 0 Å². The minimum Gasteiger partial charge on any atom is -0.542 e. The first kappa shape index (κ1) is 47.2. The third-order valence-electron chi connectivity index (χ3n) is 7.22. The van der Waals surface area contributed by atoms with E-state index in [0.717, 1.165) is 10.8 Å². The topological polar surface area (TPSA) is 163 Å². The molecule has 5 rings (SSSR count). The fourth-order valence-electron chi connectivity index (χ4n) is 4.75. The Morgan fingerprint density at radius 3 is 1.12 bits per heavy atom. The average molecular weight is 904 g/mol. The van der Waals surface area contributed by atoms with Gasteiger partial charge in [0.15, 0.2) is 0 Å². The number of hydrogen-bond acceptors (Lipinski definition) is 7. The summed E-state index contributed by atoms with van der Waals surface area (Å²) in [6.07, 6.45) is -9.64. The van der Waals surface area contributed by atoms with Crippen LogP contribution < -0.4 is 41.6 Å². The summed E-state index contributed by atoms with van der Waals surface area (Å²) in [5, 5.41) is 44.2. The van der Waals surface area contributed by atoms with Crippen LogP contribution in [0.25, 0.3) is 0 Å². The Hall–Kier alpha value is -4.92. The molecule has 16 heteroatoms. The number of alkyl halides is 6. The van der Waals surface area contributed by atoms with Gasteiger partial charge in [0, 0.05) is 0 Å². The Morgan fingerprint density at radius 1 is 0.571 bits per heavy atom. The summed E-state index contributed by atoms with van der Waals surface area (Å²) in [5.74, 6) is -6.01. The Bertz CT molecular complexity index is 1920. The maximum Gasteiger partial charge on any atom is 0.430 e. The van der Waals surface area contributed by atoms with Gasteiger partial charge >= 0.3 is 263 Å². The molecule has 0 amide bonds. The Kier molecular flexibility index (Phi) is 19.1. The van der Waals surface area contributed by atoms with Crippen LogP contribution >= 0.6 is 15.8 Å². The normalized spacial score (nSPS) is 13.0. The largest absolute Gasteiger partial charge is 0.542 e. The fourth-order valence-corrected chi connectivity index (χ4v) is 22.1. The van der Waals surface area contributed by atoms with Gasteiger partial charge in [0.25, 0.3) is 0 Å². The van der Waals surface area contributed by atoms with E-state index in [9.17, 15) is 36.9 Å². The van der Waals surface area contributed by atoms with Crippen molar-refractivity contribution in [1.29, 1.82) is 10.5 Å². The van der Waals surface area contributed by atoms with Crippen molar-refractivity contribution in [2.45, 2.75) is 21.6 Å². The number of nitrogens with zero attached hydrogens (tertiary/aromatic N) is 2. The van der Waals surface area contributed by atoms with Gasteiger partial charge < -0.3 is 26.0 Å². The number of carbonyl (C=O) groups is 2. The van der Waals surface area contributed by atoms with Crippen molar-refractivity contribution in [3.63, 3.8) is 0 Å². The van der Waals surface area contributed by atoms with E-state index in [4.69, 9.17) is 19.8 Å². The molecule has 0 saturated carbocycles. The van der Waals surface area contributed by atoms with Crippen LogP contribution in [0.1, 0.15) is 0 Å². The predicted octanol–water partition coefficient (Wildman–Crippen LogP) is 5.70. The molecule has 0 radical (unpaired) electrons. The molecule has 0 aliphatic carbocycles. The zero-order valence-electron chi connectivity index (χ0n) is 29.3. The van der Waals surface area contributed by atoms with Gasteiger partial charge in [-0.2, -0.15) is 26.3 Å². The molecule has 0 aliphatic rings. The molecule has 0 spiro atoms. The molecule has 3 N–H and O–H groups in total. The second-order valence-electron chi connectivity index (χ2n) is 10.9. The van der Waals surface area contributed by atoms with E-state index in [1.54, 1.807) is 0 Å². The van der Waals surface area contributed by atoms with Gasteiger partial charge in [0.1, 0.15) is 11.9 Å². The summed E-state index contributed by atoms with van der Waals surface area (Å²) >= 11 is -2.90. The van der Waals surface area contributed by atoms with E-state index < -0.39 is 55.7 Å². The summed E-state index contributed by atoms with van der Waals surface area (Å²) in [4.78, 5) is 18.0. The van der Waals surface area contributed by atoms with Crippen molar-refractivity contribution in [2.75, 3.05) is 10.8 Å². The van der Waals surface area contributed by atoms with Crippen LogP contribution in [-0.4, -0.2) is 35.1 Å². The van der Waals surface area contributed by atoms with E-state index in [0.29, 0.717) is 4.89 Å². The zero-order chi connectivity index (χ0) is 40.5. The minimum atomic E-state index is -5.19. The van der Waals surface area contributed by atoms with E-state index in [1.807, 2.05) is 6.07 Å². The average Bonchev–Trinajstić information content (AvgIpc) is 3.18. The molecule has 56 heavy (non-hydrogen) atoms. The van der Waals surface area contributed by atoms with Gasteiger partial charge in [-0.3, -0.25) is 0 Å². The number of benzene rings is 5. The first-order chi connectivity index (χ1) is 26.1. The van der Waals surface area contributed by atoms with Crippen LogP contribution in [0.3, 0.4) is 0 Å². The van der Waals surface area contributed by atoms with Crippen LogP contribution in [0.2, 0.25) is 9.28 Å². The molecule has 296 valence electrons. The van der Waals surface area contributed by atoms with E-state index in [-0.39, 0.29) is 10.5 Å². The SMILES string of the molecule is N.N#C[CH2][Pd+2]([CH2]P(c1ccccc1)c1ccccc1)([c]1ccccc1)[CH](C#N)CP(c1ccccc1)c1ccccc1.O=C([O-])C(F)(F)F.O=C([O-])C(F)(F)F. The summed E-state index contributed by atoms with van der Waals surface area (Å²) in [5.41, 5.74) is 0. The van der Waals surface area contributed by atoms with Crippen LogP contribution in [0, 0.1) is 22.7 Å². The van der Waals surface area contributed by atoms with Gasteiger partial charge in [-0.1, -0.05) is 0 Å². The second kappa shape index (κ2) is 22.6. The number of nitriles is 2. The van der Waals surface area contributed by atoms with Crippen molar-refractivity contribution in [3.05, 3.63) is 152 Å². The molecule has 2 atom stereocenters. The van der Waals surface area contributed by atoms with E-state index in [1.165, 1.54) is 25.3 Å². The molecule has 0 heterocycles. The fraction of sp³-hybridized carbons (Fsp3) is 0.150. The van der Waals surface area contributed by atoms with Crippen molar-refractivity contribution in [1.82, 2.24) is 6.15 Å². The molecule has 2 unspecified atom stereocenters. The van der Waals surface area contributed by atoms with Crippen molar-refractivity contribution >= 4 is 53.0 Å². The Labute approximate surface area is 326 Å². The smallest absolute Gasteiger partial charge is 0.430 e. The number of carbonyl (C=O) groups excluding carboxylic acids is 2. The monoisotopic (exact) mass is 903 g/mol. The first-order valence-corrected chi connectivity index (χ1v) is 22.7. The summed E-state index contributed by atoms with van der Waals surface area (Å²) < 4.78 is 65.0. The Balaban J connectivity index is 0.000000617. The van der Waals surface area contributed by atoms with Crippen LogP contribution in [0.15, 0.2) is 152 Å². The third-order valence-corrected chi connectivity index (χ3v) is 22.9. The molecule has 0 aliphatic heterocycles. The first-order valence-electron chi connectivity index (χ1n) is 15.8. The standard InChI is InChI=1S/C15H13NP.C13H12P.C6H5.2C2HF3O2.C2H2N.H3N.Pd/c16-12-7-13-17(14-8-3-1-4-9-14)15-10-5-2-6-11-15;1-14(12-8-4-2-5-9-12)13-10-6-3-7-11-13;1-2-4-6-5-3-1;2*3-2(4,5)1(6)7;1-2-3;;/h1-11H,13H2;2-11H,1H2;1-5H;2*(H,6,7);1H2;1H3;/q;;;;;;;+2/p-2. The molecule has 0 bridgehead atoms. The van der Waals surface area contributed by atoms with Gasteiger partial charge in [0.2, 0.25) is 0 Å². The number of aliphatic carboxylic acids is 2. The van der Waals surface area contributed by atoms with E-state index >= 15 is 0 Å². The summed E-state index contributed by atoms with van der Waals surface area (Å²) in [6.45, 7) is 0. The third kappa shape index (κ3) is 14.0. The van der Waals surface area contributed by atoms with Crippen LogP contribution in [0.5, 0.6) is 0 Å². The number of rotatable bonds is 11. The molecule has 0 fully saturated rings. The molecule has 0 aromatic heterocycles. The number of carboxylic acids is 2. The summed E-state index contributed by atoms with van der Waals surface area (Å²) in [6, 6.07) is 58.8. The molecule has 5 aromatic carbocycles. The van der Waals surface area contributed by atoms with Crippen molar-refractivity contribution in [3.8, 4) is 12.1 Å². The molecular formula is C40H35F6N3O4P2Pd. The van der Waals surface area contributed by atoms with Crippen LogP contribution in [-0.2, 0) is 25.1 Å². The molecule has 7 nitrogen and oxygen atoms in total. The number of hydrogen-bond donors (Lipinski definition) is 1. The maximum absolute atomic E-state index is 11.0. The summed E-state index contributed by atoms with van der Waals surface area (Å²) in [7, 11) is -1.56. The predicted molar refractivity (Wildman–Crippen MR) is 201 cm³/mol. The van der Waals surface area contributed by atoms with Gasteiger partial charge in [-0.05, 0) is 0 Å². The molecular weight excluding hydrogens is 869 g/mol. The molecule has 0 saturated heterocycles. The molecule has 5 aromatic rings. The quantitative estimate of drug-likeness (QED) is 0.101. The second-order valence-corrected chi connectivity index (χ2v) is 22.8. The Morgan fingerprint density at radius 2 is 0.857 bits per heavy atom. The zero-order valence-corrected chi connectivity index (χ0v) is 32.7. The van der Waals surface area contributed by atoms with Crippen LogP contribution in [0.4, 0.5) is 26.3 Å². The van der Waals surface area contributed by atoms with Crippen molar-refractivity contribution < 1.29 is 61.7 Å². The van der Waals surface area contributed by atoms with Crippen molar-refractivity contribution in [2.24, 2.45) is 0 Å².